The van der Waals surface area contributed by atoms with Gasteiger partial charge in [0.05, 0.1) is 22.2 Å². The van der Waals surface area contributed by atoms with Gasteiger partial charge in [0.2, 0.25) is 0 Å². The summed E-state index contributed by atoms with van der Waals surface area (Å²) in [7, 11) is 1.81. The summed E-state index contributed by atoms with van der Waals surface area (Å²) in [6.45, 7) is 0. The molecule has 6 heteroatoms. The number of nitrogens with one attached hydrogen (secondary N) is 1. The van der Waals surface area contributed by atoms with Crippen LogP contribution in [0.4, 0.5) is 5.82 Å². The second-order valence-corrected chi connectivity index (χ2v) is 5.48. The van der Waals surface area contributed by atoms with Crippen LogP contribution in [0, 0.1) is 0 Å². The number of benzene rings is 1. The molecule has 0 bridgehead atoms. The SMILES string of the molecule is Cn1nc(C2CC2)c(-c2nc3ccccc3c(=O)[nH]2)c1N. The first-order valence-corrected chi connectivity index (χ1v) is 6.97. The quantitative estimate of drug-likeness (QED) is 0.749. The molecular formula is C15H15N5O. The van der Waals surface area contributed by atoms with Crippen LogP contribution in [0.1, 0.15) is 24.5 Å². The minimum absolute atomic E-state index is 0.152. The molecule has 0 amide bonds. The topological polar surface area (TPSA) is 89.6 Å². The number of anilines is 1. The van der Waals surface area contributed by atoms with E-state index >= 15 is 0 Å². The highest BCUT2D eigenvalue weighted by Gasteiger charge is 2.32. The summed E-state index contributed by atoms with van der Waals surface area (Å²) in [4.78, 5) is 19.6. The van der Waals surface area contributed by atoms with Crippen LogP contribution in [0.2, 0.25) is 0 Å². The van der Waals surface area contributed by atoms with E-state index in [1.54, 1.807) is 10.7 Å². The third-order valence-electron chi connectivity index (χ3n) is 3.93. The van der Waals surface area contributed by atoms with E-state index in [2.05, 4.69) is 15.1 Å². The fourth-order valence-corrected chi connectivity index (χ4v) is 2.65. The van der Waals surface area contributed by atoms with Crippen molar-refractivity contribution in [2.75, 3.05) is 5.73 Å². The first kappa shape index (κ1) is 12.1. The molecule has 0 saturated heterocycles. The number of fused-ring (bicyclic) bond motifs is 1. The fraction of sp³-hybridized carbons (Fsp3) is 0.267. The number of aryl methyl sites for hydroxylation is 1. The number of rotatable bonds is 2. The first-order valence-electron chi connectivity index (χ1n) is 6.97. The first-order chi connectivity index (χ1) is 10.1. The molecule has 3 aromatic rings. The molecule has 3 N–H and O–H groups in total. The van der Waals surface area contributed by atoms with Crippen molar-refractivity contribution in [3.05, 3.63) is 40.3 Å². The van der Waals surface area contributed by atoms with Gasteiger partial charge in [-0.25, -0.2) is 4.98 Å². The van der Waals surface area contributed by atoms with Gasteiger partial charge in [0.15, 0.2) is 0 Å². The molecule has 0 atom stereocenters. The Balaban J connectivity index is 2.01. The van der Waals surface area contributed by atoms with E-state index in [4.69, 9.17) is 5.73 Å². The number of hydrogen-bond donors (Lipinski definition) is 2. The van der Waals surface area contributed by atoms with Gasteiger partial charge < -0.3 is 10.7 Å². The Morgan fingerprint density at radius 2 is 2.10 bits per heavy atom. The minimum atomic E-state index is -0.152. The van der Waals surface area contributed by atoms with Crippen LogP contribution in [0.3, 0.4) is 0 Å². The average molecular weight is 281 g/mol. The highest BCUT2D eigenvalue weighted by Crippen LogP contribution is 2.44. The van der Waals surface area contributed by atoms with Gasteiger partial charge in [0.25, 0.3) is 5.56 Å². The van der Waals surface area contributed by atoms with Crippen LogP contribution >= 0.6 is 0 Å². The largest absolute Gasteiger partial charge is 0.383 e. The summed E-state index contributed by atoms with van der Waals surface area (Å²) in [6, 6.07) is 7.29. The number of para-hydroxylation sites is 1. The van der Waals surface area contributed by atoms with Crippen LogP contribution in [0.25, 0.3) is 22.3 Å². The normalized spacial score (nSPS) is 14.7. The zero-order chi connectivity index (χ0) is 14.6. The highest BCUT2D eigenvalue weighted by atomic mass is 16.1. The van der Waals surface area contributed by atoms with Crippen molar-refractivity contribution in [1.29, 1.82) is 0 Å². The summed E-state index contributed by atoms with van der Waals surface area (Å²) in [6.07, 6.45) is 2.22. The van der Waals surface area contributed by atoms with Gasteiger partial charge in [0, 0.05) is 13.0 Å². The maximum Gasteiger partial charge on any atom is 0.259 e. The third kappa shape index (κ3) is 1.83. The molecule has 106 valence electrons. The number of H-pyrrole nitrogens is 1. The molecule has 21 heavy (non-hydrogen) atoms. The zero-order valence-electron chi connectivity index (χ0n) is 11.6. The van der Waals surface area contributed by atoms with E-state index in [0.717, 1.165) is 24.1 Å². The molecule has 0 unspecified atom stereocenters. The van der Waals surface area contributed by atoms with Crippen LogP contribution in [-0.4, -0.2) is 19.7 Å². The second kappa shape index (κ2) is 4.18. The number of nitrogen functional groups attached to an aromatic ring is 1. The maximum atomic E-state index is 12.2. The summed E-state index contributed by atoms with van der Waals surface area (Å²) in [5.74, 6) is 1.47. The van der Waals surface area contributed by atoms with Gasteiger partial charge in [-0.1, -0.05) is 12.1 Å². The molecule has 6 nitrogen and oxygen atoms in total. The molecule has 2 heterocycles. The van der Waals surface area contributed by atoms with Crippen molar-refractivity contribution >= 4 is 16.7 Å². The lowest BCUT2D eigenvalue weighted by atomic mass is 10.1. The predicted molar refractivity (Wildman–Crippen MR) is 81.0 cm³/mol. The Morgan fingerprint density at radius 3 is 2.86 bits per heavy atom. The molecule has 1 aliphatic rings. The van der Waals surface area contributed by atoms with E-state index in [1.165, 1.54) is 0 Å². The van der Waals surface area contributed by atoms with Crippen molar-refractivity contribution < 1.29 is 0 Å². The Labute approximate surface area is 120 Å². The maximum absolute atomic E-state index is 12.2. The van der Waals surface area contributed by atoms with Gasteiger partial charge in [-0.05, 0) is 25.0 Å². The smallest absolute Gasteiger partial charge is 0.259 e. The van der Waals surface area contributed by atoms with Gasteiger partial charge in [0.1, 0.15) is 11.6 Å². The van der Waals surface area contributed by atoms with E-state index in [0.29, 0.717) is 28.5 Å². The standard InChI is InChI=1S/C15H15N5O/c1-20-13(16)11(12(19-20)8-6-7-8)14-17-10-5-3-2-4-9(10)15(21)18-14/h2-5,8H,6-7,16H2,1H3,(H,17,18,21). The van der Waals surface area contributed by atoms with Crippen molar-refractivity contribution in [2.45, 2.75) is 18.8 Å². The van der Waals surface area contributed by atoms with Gasteiger partial charge in [-0.2, -0.15) is 5.10 Å². The number of nitrogens with two attached hydrogens (primary N) is 1. The summed E-state index contributed by atoms with van der Waals surface area (Å²) >= 11 is 0. The molecule has 1 aliphatic carbocycles. The van der Waals surface area contributed by atoms with E-state index in [1.807, 2.05) is 25.2 Å². The number of aromatic amines is 1. The summed E-state index contributed by atoms with van der Waals surface area (Å²) in [5, 5.41) is 5.07. The lowest BCUT2D eigenvalue weighted by Crippen LogP contribution is -2.10. The molecular weight excluding hydrogens is 266 g/mol. The highest BCUT2D eigenvalue weighted by molar-refractivity contribution is 5.81. The fourth-order valence-electron chi connectivity index (χ4n) is 2.65. The average Bonchev–Trinajstić information content (AvgIpc) is 3.27. The van der Waals surface area contributed by atoms with Crippen LogP contribution < -0.4 is 11.3 Å². The van der Waals surface area contributed by atoms with Crippen LogP contribution in [0.5, 0.6) is 0 Å². The van der Waals surface area contributed by atoms with Gasteiger partial charge >= 0.3 is 0 Å². The summed E-state index contributed by atoms with van der Waals surface area (Å²) in [5.41, 5.74) is 8.35. The minimum Gasteiger partial charge on any atom is -0.383 e. The van der Waals surface area contributed by atoms with Gasteiger partial charge in [-0.15, -0.1) is 0 Å². The molecule has 0 aliphatic heterocycles. The van der Waals surface area contributed by atoms with Crippen molar-refractivity contribution in [3.8, 4) is 11.4 Å². The van der Waals surface area contributed by atoms with Crippen molar-refractivity contribution in [3.63, 3.8) is 0 Å². The molecule has 4 rings (SSSR count). The Kier molecular flexibility index (Phi) is 2.42. The van der Waals surface area contributed by atoms with Gasteiger partial charge in [-0.3, -0.25) is 9.48 Å². The Hall–Kier alpha value is -2.63. The molecule has 0 radical (unpaired) electrons. The number of aromatic nitrogens is 4. The molecule has 1 fully saturated rings. The zero-order valence-corrected chi connectivity index (χ0v) is 11.6. The van der Waals surface area contributed by atoms with Crippen molar-refractivity contribution in [2.24, 2.45) is 7.05 Å². The molecule has 2 aromatic heterocycles. The molecule has 1 aromatic carbocycles. The number of nitrogens with zero attached hydrogens (tertiary/aromatic N) is 3. The Bertz CT molecular complexity index is 904. The number of hydrogen-bond acceptors (Lipinski definition) is 4. The van der Waals surface area contributed by atoms with E-state index in [9.17, 15) is 4.79 Å². The molecule has 1 saturated carbocycles. The monoisotopic (exact) mass is 281 g/mol. The van der Waals surface area contributed by atoms with E-state index < -0.39 is 0 Å². The van der Waals surface area contributed by atoms with Crippen LogP contribution in [0.15, 0.2) is 29.1 Å². The summed E-state index contributed by atoms with van der Waals surface area (Å²) < 4.78 is 1.65. The lowest BCUT2D eigenvalue weighted by molar-refractivity contribution is 0.753. The third-order valence-corrected chi connectivity index (χ3v) is 3.93. The molecule has 0 spiro atoms. The van der Waals surface area contributed by atoms with Crippen molar-refractivity contribution in [1.82, 2.24) is 19.7 Å². The predicted octanol–water partition coefficient (Wildman–Crippen LogP) is 1.78. The van der Waals surface area contributed by atoms with Crippen LogP contribution in [-0.2, 0) is 7.05 Å². The second-order valence-electron chi connectivity index (χ2n) is 5.48. The van der Waals surface area contributed by atoms with E-state index in [-0.39, 0.29) is 5.56 Å². The lowest BCUT2D eigenvalue weighted by Gasteiger charge is -2.04. The Morgan fingerprint density at radius 1 is 1.33 bits per heavy atom.